The highest BCUT2D eigenvalue weighted by Crippen LogP contribution is 2.28. The van der Waals surface area contributed by atoms with E-state index in [4.69, 9.17) is 15.6 Å². The molecule has 0 heterocycles. The third kappa shape index (κ3) is 2.37. The number of phenols is 1. The van der Waals surface area contributed by atoms with Crippen LogP contribution in [0.25, 0.3) is 0 Å². The first-order valence-corrected chi connectivity index (χ1v) is 4.42. The van der Waals surface area contributed by atoms with Crippen molar-refractivity contribution in [2.24, 2.45) is 5.73 Å². The molecule has 14 heavy (non-hydrogen) atoms. The van der Waals surface area contributed by atoms with Gasteiger partial charge in [0, 0.05) is 24.3 Å². The summed E-state index contributed by atoms with van der Waals surface area (Å²) in [5.41, 5.74) is 6.60. The summed E-state index contributed by atoms with van der Waals surface area (Å²) in [6.07, 6.45) is 0.473. The Hall–Kier alpha value is -1.26. The molecule has 1 aromatic rings. The Morgan fingerprint density at radius 2 is 2.21 bits per heavy atom. The Morgan fingerprint density at radius 1 is 1.50 bits per heavy atom. The van der Waals surface area contributed by atoms with Crippen LogP contribution >= 0.6 is 0 Å². The lowest BCUT2D eigenvalue weighted by Crippen LogP contribution is -2.12. The molecule has 4 heteroatoms. The van der Waals surface area contributed by atoms with E-state index in [1.165, 1.54) is 13.2 Å². The summed E-state index contributed by atoms with van der Waals surface area (Å²) in [7, 11) is 1.52. The van der Waals surface area contributed by atoms with E-state index >= 15 is 0 Å². The zero-order valence-corrected chi connectivity index (χ0v) is 8.10. The molecule has 1 atom stereocenters. The van der Waals surface area contributed by atoms with Crippen LogP contribution in [-0.2, 0) is 0 Å². The topological polar surface area (TPSA) is 75.7 Å². The van der Waals surface area contributed by atoms with Crippen molar-refractivity contribution in [1.82, 2.24) is 0 Å². The Balaban J connectivity index is 2.95. The fourth-order valence-electron chi connectivity index (χ4n) is 1.30. The third-order valence-electron chi connectivity index (χ3n) is 2.06. The summed E-state index contributed by atoms with van der Waals surface area (Å²) < 4.78 is 5.07. The Morgan fingerprint density at radius 3 is 2.79 bits per heavy atom. The fraction of sp³-hybridized carbons (Fsp3) is 0.400. The van der Waals surface area contributed by atoms with E-state index in [2.05, 4.69) is 0 Å². The second-order valence-corrected chi connectivity index (χ2v) is 3.05. The average molecular weight is 197 g/mol. The van der Waals surface area contributed by atoms with Gasteiger partial charge in [-0.05, 0) is 12.5 Å². The molecule has 0 aliphatic carbocycles. The van der Waals surface area contributed by atoms with Crippen molar-refractivity contribution in [2.45, 2.75) is 12.5 Å². The van der Waals surface area contributed by atoms with E-state index in [9.17, 15) is 5.11 Å². The second-order valence-electron chi connectivity index (χ2n) is 3.05. The van der Waals surface area contributed by atoms with Gasteiger partial charge in [0.2, 0.25) is 0 Å². The van der Waals surface area contributed by atoms with E-state index in [0.29, 0.717) is 12.2 Å². The highest BCUT2D eigenvalue weighted by atomic mass is 16.5. The molecule has 0 aliphatic rings. The van der Waals surface area contributed by atoms with Gasteiger partial charge in [-0.15, -0.1) is 0 Å². The van der Waals surface area contributed by atoms with Gasteiger partial charge in [0.15, 0.2) is 0 Å². The number of ether oxygens (including phenoxy) is 1. The number of aliphatic hydroxyl groups excluding tert-OH is 1. The molecule has 0 amide bonds. The number of methoxy groups -OCH3 is 1. The standard InChI is InChI=1S/C10H15NO3/c1-14-10-6-7(13)2-3-8(10)9(11)4-5-12/h2-3,6,9,12-13H,4-5,11H2,1H3. The smallest absolute Gasteiger partial charge is 0.127 e. The molecule has 1 unspecified atom stereocenters. The van der Waals surface area contributed by atoms with Crippen molar-refractivity contribution < 1.29 is 14.9 Å². The molecular formula is C10H15NO3. The highest BCUT2D eigenvalue weighted by molar-refractivity contribution is 5.41. The summed E-state index contributed by atoms with van der Waals surface area (Å²) in [4.78, 5) is 0. The van der Waals surface area contributed by atoms with E-state index in [-0.39, 0.29) is 18.4 Å². The number of phenolic OH excluding ortho intramolecular Hbond substituents is 1. The SMILES string of the molecule is COc1cc(O)ccc1C(N)CCO. The number of rotatable bonds is 4. The first-order valence-electron chi connectivity index (χ1n) is 4.42. The van der Waals surface area contributed by atoms with Crippen molar-refractivity contribution in [2.75, 3.05) is 13.7 Å². The Labute approximate surface area is 82.9 Å². The van der Waals surface area contributed by atoms with Gasteiger partial charge in [-0.25, -0.2) is 0 Å². The zero-order chi connectivity index (χ0) is 10.6. The Bertz CT molecular complexity index is 301. The van der Waals surface area contributed by atoms with Gasteiger partial charge in [-0.1, -0.05) is 6.07 Å². The molecule has 0 saturated carbocycles. The van der Waals surface area contributed by atoms with Crippen molar-refractivity contribution >= 4 is 0 Å². The maximum atomic E-state index is 9.21. The largest absolute Gasteiger partial charge is 0.508 e. The van der Waals surface area contributed by atoms with Gasteiger partial charge in [-0.2, -0.15) is 0 Å². The van der Waals surface area contributed by atoms with Crippen LogP contribution in [0.5, 0.6) is 11.5 Å². The first kappa shape index (κ1) is 10.8. The van der Waals surface area contributed by atoms with Gasteiger partial charge in [-0.3, -0.25) is 0 Å². The van der Waals surface area contributed by atoms with Crippen LogP contribution in [0.4, 0.5) is 0 Å². The lowest BCUT2D eigenvalue weighted by Gasteiger charge is -2.14. The van der Waals surface area contributed by atoms with Gasteiger partial charge in [0.05, 0.1) is 7.11 Å². The summed E-state index contributed by atoms with van der Waals surface area (Å²) >= 11 is 0. The predicted molar refractivity (Wildman–Crippen MR) is 53.3 cm³/mol. The van der Waals surface area contributed by atoms with Crippen molar-refractivity contribution in [1.29, 1.82) is 0 Å². The summed E-state index contributed by atoms with van der Waals surface area (Å²) in [5.74, 6) is 0.688. The first-order chi connectivity index (χ1) is 6.69. The second kappa shape index (κ2) is 4.83. The van der Waals surface area contributed by atoms with Gasteiger partial charge < -0.3 is 20.7 Å². The number of hydrogen-bond donors (Lipinski definition) is 3. The minimum Gasteiger partial charge on any atom is -0.508 e. The summed E-state index contributed by atoms with van der Waals surface area (Å²) in [5, 5.41) is 18.0. The minimum atomic E-state index is -0.268. The number of aliphatic hydroxyl groups is 1. The van der Waals surface area contributed by atoms with E-state index in [1.807, 2.05) is 0 Å². The molecular weight excluding hydrogens is 182 g/mol. The number of hydrogen-bond acceptors (Lipinski definition) is 4. The van der Waals surface area contributed by atoms with Crippen molar-refractivity contribution in [3.63, 3.8) is 0 Å². The Kier molecular flexibility index (Phi) is 3.73. The van der Waals surface area contributed by atoms with Crippen LogP contribution in [0.15, 0.2) is 18.2 Å². The lowest BCUT2D eigenvalue weighted by molar-refractivity contribution is 0.275. The van der Waals surface area contributed by atoms with Crippen molar-refractivity contribution in [3.8, 4) is 11.5 Å². The van der Waals surface area contributed by atoms with Crippen LogP contribution in [0.2, 0.25) is 0 Å². The maximum absolute atomic E-state index is 9.21. The van der Waals surface area contributed by atoms with E-state index in [0.717, 1.165) is 5.56 Å². The number of aromatic hydroxyl groups is 1. The highest BCUT2D eigenvalue weighted by Gasteiger charge is 2.11. The molecule has 1 aromatic carbocycles. The van der Waals surface area contributed by atoms with Crippen LogP contribution in [0, 0.1) is 0 Å². The summed E-state index contributed by atoms with van der Waals surface area (Å²) in [6.45, 7) is 0.0329. The molecule has 0 aromatic heterocycles. The monoisotopic (exact) mass is 197 g/mol. The molecule has 0 aliphatic heterocycles. The number of nitrogens with two attached hydrogens (primary N) is 1. The average Bonchev–Trinajstić information content (AvgIpc) is 2.17. The van der Waals surface area contributed by atoms with Gasteiger partial charge in [0.1, 0.15) is 11.5 Å². The van der Waals surface area contributed by atoms with E-state index in [1.54, 1.807) is 12.1 Å². The molecule has 0 bridgehead atoms. The van der Waals surface area contributed by atoms with Crippen LogP contribution in [0.1, 0.15) is 18.0 Å². The molecule has 1 rings (SSSR count). The normalized spacial score (nSPS) is 12.5. The van der Waals surface area contributed by atoms with E-state index < -0.39 is 0 Å². The van der Waals surface area contributed by atoms with Crippen molar-refractivity contribution in [3.05, 3.63) is 23.8 Å². The number of benzene rings is 1. The van der Waals surface area contributed by atoms with Crippen LogP contribution < -0.4 is 10.5 Å². The molecule has 0 fully saturated rings. The fourth-order valence-corrected chi connectivity index (χ4v) is 1.30. The molecule has 0 radical (unpaired) electrons. The molecule has 78 valence electrons. The summed E-state index contributed by atoms with van der Waals surface area (Å²) in [6, 6.07) is 4.49. The minimum absolute atomic E-state index is 0.0329. The maximum Gasteiger partial charge on any atom is 0.127 e. The predicted octanol–water partition coefficient (Wildman–Crippen LogP) is 0.783. The molecule has 4 N–H and O–H groups in total. The lowest BCUT2D eigenvalue weighted by atomic mass is 10.0. The van der Waals surface area contributed by atoms with Gasteiger partial charge >= 0.3 is 0 Å². The van der Waals surface area contributed by atoms with Crippen LogP contribution in [0.3, 0.4) is 0 Å². The zero-order valence-electron chi connectivity index (χ0n) is 8.10. The quantitative estimate of drug-likeness (QED) is 0.666. The van der Waals surface area contributed by atoms with Crippen LogP contribution in [-0.4, -0.2) is 23.9 Å². The molecule has 0 saturated heterocycles. The molecule has 4 nitrogen and oxygen atoms in total. The molecule has 0 spiro atoms. The third-order valence-corrected chi connectivity index (χ3v) is 2.06. The van der Waals surface area contributed by atoms with Gasteiger partial charge in [0.25, 0.3) is 0 Å².